The Morgan fingerprint density at radius 1 is 1.41 bits per heavy atom. The lowest BCUT2D eigenvalue weighted by molar-refractivity contribution is 0.896. The SMILES string of the molecule is Cc1cc(=O)[nH]c(Sc2nc[nH]c(=O)c2Br)n1. The first-order valence-corrected chi connectivity index (χ1v) is 6.16. The van der Waals surface area contributed by atoms with E-state index in [1.807, 2.05) is 0 Å². The predicted octanol–water partition coefficient (Wildman–Crippen LogP) is 1.08. The zero-order chi connectivity index (χ0) is 12.4. The van der Waals surface area contributed by atoms with Gasteiger partial charge >= 0.3 is 0 Å². The highest BCUT2D eigenvalue weighted by atomic mass is 79.9. The van der Waals surface area contributed by atoms with Crippen LogP contribution in [0.15, 0.2) is 36.6 Å². The number of aromatic nitrogens is 4. The van der Waals surface area contributed by atoms with Gasteiger partial charge in [0, 0.05) is 11.8 Å². The van der Waals surface area contributed by atoms with Crippen LogP contribution in [-0.4, -0.2) is 19.9 Å². The Morgan fingerprint density at radius 2 is 2.18 bits per heavy atom. The molecular formula is C9H7BrN4O2S. The van der Waals surface area contributed by atoms with Crippen molar-refractivity contribution in [3.05, 3.63) is 43.3 Å². The van der Waals surface area contributed by atoms with Crippen molar-refractivity contribution in [2.45, 2.75) is 17.1 Å². The molecule has 0 radical (unpaired) electrons. The summed E-state index contributed by atoms with van der Waals surface area (Å²) in [6.07, 6.45) is 1.29. The van der Waals surface area contributed by atoms with Crippen molar-refractivity contribution < 1.29 is 0 Å². The molecule has 0 amide bonds. The largest absolute Gasteiger partial charge is 0.312 e. The third kappa shape index (κ3) is 2.83. The zero-order valence-electron chi connectivity index (χ0n) is 8.65. The van der Waals surface area contributed by atoms with E-state index in [0.717, 1.165) is 11.8 Å². The van der Waals surface area contributed by atoms with Crippen LogP contribution < -0.4 is 11.1 Å². The van der Waals surface area contributed by atoms with Crippen molar-refractivity contribution in [1.82, 2.24) is 19.9 Å². The Hall–Kier alpha value is -1.41. The Morgan fingerprint density at radius 3 is 2.88 bits per heavy atom. The summed E-state index contributed by atoms with van der Waals surface area (Å²) in [5.41, 5.74) is 0.0932. The second kappa shape index (κ2) is 4.84. The highest BCUT2D eigenvalue weighted by molar-refractivity contribution is 9.10. The molecule has 0 fully saturated rings. The van der Waals surface area contributed by atoms with Gasteiger partial charge in [0.25, 0.3) is 11.1 Å². The fourth-order valence-electron chi connectivity index (χ4n) is 1.13. The van der Waals surface area contributed by atoms with Crippen molar-refractivity contribution >= 4 is 27.7 Å². The third-order valence-electron chi connectivity index (χ3n) is 1.81. The van der Waals surface area contributed by atoms with Gasteiger partial charge in [-0.25, -0.2) is 9.97 Å². The second-order valence-electron chi connectivity index (χ2n) is 3.14. The molecule has 0 saturated carbocycles. The Labute approximate surface area is 108 Å². The normalized spacial score (nSPS) is 10.5. The van der Waals surface area contributed by atoms with Crippen LogP contribution in [0.25, 0.3) is 0 Å². The smallest absolute Gasteiger partial charge is 0.266 e. The Bertz CT molecular complexity index is 667. The molecule has 0 saturated heterocycles. The third-order valence-corrected chi connectivity index (χ3v) is 3.69. The molecule has 0 aliphatic carbocycles. The van der Waals surface area contributed by atoms with E-state index >= 15 is 0 Å². The molecule has 2 N–H and O–H groups in total. The molecule has 17 heavy (non-hydrogen) atoms. The van der Waals surface area contributed by atoms with Crippen molar-refractivity contribution in [1.29, 1.82) is 0 Å². The van der Waals surface area contributed by atoms with Crippen molar-refractivity contribution in [3.63, 3.8) is 0 Å². The molecule has 88 valence electrons. The van der Waals surface area contributed by atoms with E-state index in [2.05, 4.69) is 35.9 Å². The maximum atomic E-state index is 11.3. The van der Waals surface area contributed by atoms with E-state index in [1.165, 1.54) is 12.4 Å². The maximum absolute atomic E-state index is 11.3. The number of nitrogens with zero attached hydrogens (tertiary/aromatic N) is 2. The molecule has 8 heteroatoms. The van der Waals surface area contributed by atoms with E-state index in [4.69, 9.17) is 0 Å². The van der Waals surface area contributed by atoms with Gasteiger partial charge in [-0.2, -0.15) is 0 Å². The highest BCUT2D eigenvalue weighted by Gasteiger charge is 2.09. The number of aryl methyl sites for hydroxylation is 1. The van der Waals surface area contributed by atoms with Gasteiger partial charge in [-0.1, -0.05) is 0 Å². The van der Waals surface area contributed by atoms with Crippen LogP contribution in [0.4, 0.5) is 0 Å². The summed E-state index contributed by atoms with van der Waals surface area (Å²) in [6.45, 7) is 1.72. The molecule has 2 aromatic rings. The van der Waals surface area contributed by atoms with E-state index in [-0.39, 0.29) is 11.1 Å². The van der Waals surface area contributed by atoms with Gasteiger partial charge in [-0.05, 0) is 34.6 Å². The lowest BCUT2D eigenvalue weighted by atomic mass is 10.5. The average molecular weight is 315 g/mol. The number of rotatable bonds is 2. The van der Waals surface area contributed by atoms with Crippen LogP contribution in [0, 0.1) is 6.92 Å². The lowest BCUT2D eigenvalue weighted by Gasteiger charge is -2.01. The molecule has 6 nitrogen and oxygen atoms in total. The molecule has 2 rings (SSSR count). The van der Waals surface area contributed by atoms with Crippen molar-refractivity contribution in [2.24, 2.45) is 0 Å². The minimum absolute atomic E-state index is 0.235. The van der Waals surface area contributed by atoms with Gasteiger partial charge in [0.15, 0.2) is 5.16 Å². The number of halogens is 1. The molecular weight excluding hydrogens is 308 g/mol. The monoisotopic (exact) mass is 314 g/mol. The molecule has 0 unspecified atom stereocenters. The number of aromatic amines is 2. The number of nitrogens with one attached hydrogen (secondary N) is 2. The topological polar surface area (TPSA) is 91.5 Å². The van der Waals surface area contributed by atoms with Crippen molar-refractivity contribution in [3.8, 4) is 0 Å². The molecule has 0 aromatic carbocycles. The molecule has 0 spiro atoms. The summed E-state index contributed by atoms with van der Waals surface area (Å²) in [6, 6.07) is 1.39. The van der Waals surface area contributed by atoms with Gasteiger partial charge in [0.2, 0.25) is 0 Å². The Balaban J connectivity index is 2.41. The van der Waals surface area contributed by atoms with Crippen LogP contribution in [0.3, 0.4) is 0 Å². The standard InChI is InChI=1S/C9H7BrN4O2S/c1-4-2-5(15)14-9(13-4)17-8-6(10)7(16)11-3-12-8/h2-3H,1H3,(H,11,12,16)(H,13,14,15). The lowest BCUT2D eigenvalue weighted by Crippen LogP contribution is -2.10. The number of H-pyrrole nitrogens is 2. The zero-order valence-corrected chi connectivity index (χ0v) is 11.1. The van der Waals surface area contributed by atoms with E-state index in [0.29, 0.717) is 20.3 Å². The molecule has 2 aromatic heterocycles. The summed E-state index contributed by atoms with van der Waals surface area (Å²) in [7, 11) is 0. The van der Waals surface area contributed by atoms with Gasteiger partial charge in [0.05, 0.1) is 6.33 Å². The number of hydrogen-bond acceptors (Lipinski definition) is 5. The molecule has 0 atom stereocenters. The summed E-state index contributed by atoms with van der Waals surface area (Å²) in [4.78, 5) is 35.7. The fraction of sp³-hybridized carbons (Fsp3) is 0.111. The average Bonchev–Trinajstić information content (AvgIpc) is 2.23. The first kappa shape index (κ1) is 12.1. The quantitative estimate of drug-likeness (QED) is 0.639. The van der Waals surface area contributed by atoms with Crippen LogP contribution in [-0.2, 0) is 0 Å². The summed E-state index contributed by atoms with van der Waals surface area (Å²) < 4.78 is 0.314. The van der Waals surface area contributed by atoms with Crippen LogP contribution in [0.1, 0.15) is 5.69 Å². The van der Waals surface area contributed by atoms with Crippen LogP contribution in [0.5, 0.6) is 0 Å². The minimum Gasteiger partial charge on any atom is -0.312 e. The first-order chi connectivity index (χ1) is 8.06. The van der Waals surface area contributed by atoms with Gasteiger partial charge in [-0.15, -0.1) is 0 Å². The molecule has 2 heterocycles. The predicted molar refractivity (Wildman–Crippen MR) is 66.3 cm³/mol. The number of hydrogen-bond donors (Lipinski definition) is 2. The van der Waals surface area contributed by atoms with Crippen LogP contribution >= 0.6 is 27.7 Å². The van der Waals surface area contributed by atoms with E-state index < -0.39 is 0 Å². The maximum Gasteiger partial charge on any atom is 0.266 e. The van der Waals surface area contributed by atoms with Crippen LogP contribution in [0.2, 0.25) is 0 Å². The van der Waals surface area contributed by atoms with Gasteiger partial charge < -0.3 is 9.97 Å². The molecule has 0 aliphatic rings. The van der Waals surface area contributed by atoms with Crippen molar-refractivity contribution in [2.75, 3.05) is 0 Å². The highest BCUT2D eigenvalue weighted by Crippen LogP contribution is 2.25. The van der Waals surface area contributed by atoms with Gasteiger partial charge in [0.1, 0.15) is 9.50 Å². The van der Waals surface area contributed by atoms with Gasteiger partial charge in [-0.3, -0.25) is 9.59 Å². The minimum atomic E-state index is -0.280. The summed E-state index contributed by atoms with van der Waals surface area (Å²) >= 11 is 4.24. The Kier molecular flexibility index (Phi) is 3.43. The molecule has 0 bridgehead atoms. The first-order valence-electron chi connectivity index (χ1n) is 4.55. The molecule has 0 aliphatic heterocycles. The summed E-state index contributed by atoms with van der Waals surface area (Å²) in [5.74, 6) is 0. The van der Waals surface area contributed by atoms with E-state index in [1.54, 1.807) is 6.92 Å². The fourth-order valence-corrected chi connectivity index (χ4v) is 2.40. The van der Waals surface area contributed by atoms with E-state index in [9.17, 15) is 9.59 Å². The summed E-state index contributed by atoms with van der Waals surface area (Å²) in [5, 5.41) is 0.844. The second-order valence-corrected chi connectivity index (χ2v) is 4.92.